The van der Waals surface area contributed by atoms with E-state index in [1.54, 1.807) is 6.92 Å². The molecule has 0 aliphatic carbocycles. The molecule has 9 heteroatoms. The van der Waals surface area contributed by atoms with Crippen LogP contribution in [0.4, 0.5) is 10.1 Å². The van der Waals surface area contributed by atoms with Crippen molar-refractivity contribution in [1.29, 1.82) is 0 Å². The molecule has 0 fully saturated rings. The molecular weight excluding hydrogens is 301 g/mol. The number of halogens is 1. The quantitative estimate of drug-likeness (QED) is 0.794. The second-order valence-electron chi connectivity index (χ2n) is 4.45. The maximum atomic E-state index is 13.3. The van der Waals surface area contributed by atoms with Crippen molar-refractivity contribution in [1.82, 2.24) is 10.2 Å². The minimum absolute atomic E-state index is 0.00411. The zero-order valence-electron chi connectivity index (χ0n) is 11.1. The number of hydrogen-bond acceptors (Lipinski definition) is 4. The second kappa shape index (κ2) is 5.17. The van der Waals surface area contributed by atoms with E-state index in [1.165, 1.54) is 19.1 Å². The van der Waals surface area contributed by atoms with Crippen LogP contribution in [0, 0.1) is 19.7 Å². The molecule has 1 aromatic carbocycles. The van der Waals surface area contributed by atoms with Crippen LogP contribution in [0.5, 0.6) is 0 Å². The highest BCUT2D eigenvalue weighted by Gasteiger charge is 2.28. The first-order valence-corrected chi connectivity index (χ1v) is 7.27. The molecule has 21 heavy (non-hydrogen) atoms. The minimum Gasteiger partial charge on any atom is -0.476 e. The van der Waals surface area contributed by atoms with Gasteiger partial charge in [0.2, 0.25) is 0 Å². The summed E-state index contributed by atoms with van der Waals surface area (Å²) in [6.45, 7) is 2.98. The number of hydrogen-bond donors (Lipinski definition) is 3. The fourth-order valence-electron chi connectivity index (χ4n) is 1.89. The van der Waals surface area contributed by atoms with E-state index in [4.69, 9.17) is 5.11 Å². The van der Waals surface area contributed by atoms with Crippen LogP contribution in [-0.2, 0) is 10.0 Å². The van der Waals surface area contributed by atoms with Crippen molar-refractivity contribution in [2.75, 3.05) is 4.72 Å². The molecule has 0 radical (unpaired) electrons. The number of aromatic amines is 1. The molecule has 0 aliphatic heterocycles. The van der Waals surface area contributed by atoms with Gasteiger partial charge in [0.1, 0.15) is 10.7 Å². The van der Waals surface area contributed by atoms with Crippen LogP contribution in [0.25, 0.3) is 0 Å². The molecule has 0 aliphatic rings. The standard InChI is InChI=1S/C12H12FN3O4S/c1-6-3-8(13)5-9(4-6)16-21(19,20)11-7(2)14-15-10(11)12(17)18/h3-5,16H,1-2H3,(H,14,15)(H,17,18). The number of aromatic nitrogens is 2. The number of carbonyl (C=O) groups is 1. The van der Waals surface area contributed by atoms with Gasteiger partial charge in [-0.05, 0) is 37.6 Å². The number of nitrogens with one attached hydrogen (secondary N) is 2. The van der Waals surface area contributed by atoms with Gasteiger partial charge in [-0.1, -0.05) is 0 Å². The molecule has 1 aromatic heterocycles. The predicted molar refractivity (Wildman–Crippen MR) is 72.2 cm³/mol. The summed E-state index contributed by atoms with van der Waals surface area (Å²) < 4.78 is 40.0. The van der Waals surface area contributed by atoms with Crippen molar-refractivity contribution in [3.8, 4) is 0 Å². The van der Waals surface area contributed by atoms with Crippen LogP contribution in [0.1, 0.15) is 21.7 Å². The largest absolute Gasteiger partial charge is 0.476 e. The number of anilines is 1. The average molecular weight is 313 g/mol. The third-order valence-electron chi connectivity index (χ3n) is 2.66. The van der Waals surface area contributed by atoms with Crippen LogP contribution in [0.2, 0.25) is 0 Å². The summed E-state index contributed by atoms with van der Waals surface area (Å²) >= 11 is 0. The molecule has 0 saturated heterocycles. The number of carboxylic acids is 1. The van der Waals surface area contributed by atoms with E-state index in [0.717, 1.165) is 6.07 Å². The van der Waals surface area contributed by atoms with Gasteiger partial charge in [0.15, 0.2) is 5.69 Å². The summed E-state index contributed by atoms with van der Waals surface area (Å²) in [5.41, 5.74) is -0.0133. The number of aryl methyl sites for hydroxylation is 2. The number of nitrogens with zero attached hydrogens (tertiary/aromatic N) is 1. The van der Waals surface area contributed by atoms with Gasteiger partial charge in [-0.25, -0.2) is 17.6 Å². The Morgan fingerprint density at radius 3 is 2.57 bits per heavy atom. The molecule has 1 heterocycles. The molecule has 0 saturated carbocycles. The number of rotatable bonds is 4. The van der Waals surface area contributed by atoms with Gasteiger partial charge in [-0.15, -0.1) is 0 Å². The Balaban J connectivity index is 2.48. The van der Waals surface area contributed by atoms with E-state index in [1.807, 2.05) is 0 Å². The smallest absolute Gasteiger partial charge is 0.357 e. The predicted octanol–water partition coefficient (Wildman–Crippen LogP) is 1.66. The Labute approximate surface area is 119 Å². The van der Waals surface area contributed by atoms with Crippen molar-refractivity contribution in [3.63, 3.8) is 0 Å². The molecule has 2 rings (SSSR count). The minimum atomic E-state index is -4.20. The zero-order valence-corrected chi connectivity index (χ0v) is 12.0. The van der Waals surface area contributed by atoms with Crippen molar-refractivity contribution >= 4 is 21.7 Å². The maximum Gasteiger partial charge on any atom is 0.357 e. The highest BCUT2D eigenvalue weighted by Crippen LogP contribution is 2.22. The lowest BCUT2D eigenvalue weighted by atomic mass is 10.2. The molecule has 0 atom stereocenters. The van der Waals surface area contributed by atoms with E-state index < -0.39 is 32.4 Å². The second-order valence-corrected chi connectivity index (χ2v) is 6.07. The van der Waals surface area contributed by atoms with Gasteiger partial charge in [-0.2, -0.15) is 5.10 Å². The summed E-state index contributed by atoms with van der Waals surface area (Å²) in [6.07, 6.45) is 0. The number of carboxylic acid groups (broad SMARTS) is 1. The topological polar surface area (TPSA) is 112 Å². The van der Waals surface area contributed by atoms with Gasteiger partial charge in [0, 0.05) is 0 Å². The lowest BCUT2D eigenvalue weighted by Gasteiger charge is -2.09. The fourth-order valence-corrected chi connectivity index (χ4v) is 3.26. The molecule has 0 unspecified atom stereocenters. The molecule has 0 amide bonds. The van der Waals surface area contributed by atoms with E-state index in [2.05, 4.69) is 14.9 Å². The van der Waals surface area contributed by atoms with Gasteiger partial charge >= 0.3 is 5.97 Å². The van der Waals surface area contributed by atoms with Gasteiger partial charge in [0.05, 0.1) is 11.4 Å². The summed E-state index contributed by atoms with van der Waals surface area (Å²) in [6, 6.07) is 3.67. The highest BCUT2D eigenvalue weighted by molar-refractivity contribution is 7.92. The molecule has 0 bridgehead atoms. The average Bonchev–Trinajstić information content (AvgIpc) is 2.69. The Morgan fingerprint density at radius 2 is 2.00 bits per heavy atom. The first-order chi connectivity index (χ1) is 9.70. The third-order valence-corrected chi connectivity index (χ3v) is 4.20. The normalized spacial score (nSPS) is 11.4. The molecule has 7 nitrogen and oxygen atoms in total. The number of aromatic carboxylic acids is 1. The first kappa shape index (κ1) is 15.0. The van der Waals surface area contributed by atoms with Crippen LogP contribution in [-0.4, -0.2) is 29.7 Å². The van der Waals surface area contributed by atoms with Gasteiger partial charge in [0.25, 0.3) is 10.0 Å². The fraction of sp³-hybridized carbons (Fsp3) is 0.167. The van der Waals surface area contributed by atoms with Crippen molar-refractivity contribution in [3.05, 3.63) is 41.0 Å². The Bertz CT molecular complexity index is 794. The number of benzene rings is 1. The number of H-pyrrole nitrogens is 1. The SMILES string of the molecule is Cc1cc(F)cc(NS(=O)(=O)c2c(C(=O)O)n[nH]c2C)c1. The Kier molecular flexibility index (Phi) is 3.69. The molecule has 2 aromatic rings. The monoisotopic (exact) mass is 313 g/mol. The first-order valence-electron chi connectivity index (χ1n) is 5.79. The Hall–Kier alpha value is -2.42. The third kappa shape index (κ3) is 3.02. The van der Waals surface area contributed by atoms with Crippen LogP contribution in [0.15, 0.2) is 23.1 Å². The van der Waals surface area contributed by atoms with Crippen molar-refractivity contribution in [2.45, 2.75) is 18.7 Å². The van der Waals surface area contributed by atoms with E-state index in [0.29, 0.717) is 5.56 Å². The van der Waals surface area contributed by atoms with Gasteiger partial charge < -0.3 is 5.11 Å². The zero-order chi connectivity index (χ0) is 15.8. The van der Waals surface area contributed by atoms with Crippen molar-refractivity contribution < 1.29 is 22.7 Å². The van der Waals surface area contributed by atoms with Crippen LogP contribution >= 0.6 is 0 Å². The molecule has 112 valence electrons. The summed E-state index contributed by atoms with van der Waals surface area (Å²) in [4.78, 5) is 10.5. The van der Waals surface area contributed by atoms with E-state index in [9.17, 15) is 17.6 Å². The van der Waals surface area contributed by atoms with Crippen molar-refractivity contribution in [2.24, 2.45) is 0 Å². The summed E-state index contributed by atoms with van der Waals surface area (Å²) in [7, 11) is -4.20. The molecule has 3 N–H and O–H groups in total. The van der Waals surface area contributed by atoms with Crippen LogP contribution in [0.3, 0.4) is 0 Å². The molecule has 0 spiro atoms. The van der Waals surface area contributed by atoms with Crippen LogP contribution < -0.4 is 4.72 Å². The number of sulfonamides is 1. The summed E-state index contributed by atoms with van der Waals surface area (Å²) in [5.74, 6) is -2.08. The van der Waals surface area contributed by atoms with E-state index in [-0.39, 0.29) is 11.4 Å². The molecular formula is C12H12FN3O4S. The van der Waals surface area contributed by atoms with E-state index >= 15 is 0 Å². The summed E-state index contributed by atoms with van der Waals surface area (Å²) in [5, 5.41) is 14.7. The maximum absolute atomic E-state index is 13.3. The highest BCUT2D eigenvalue weighted by atomic mass is 32.2. The lowest BCUT2D eigenvalue weighted by Crippen LogP contribution is -2.17. The lowest BCUT2D eigenvalue weighted by molar-refractivity contribution is 0.0686. The Morgan fingerprint density at radius 1 is 1.33 bits per heavy atom. The van der Waals surface area contributed by atoms with Gasteiger partial charge in [-0.3, -0.25) is 9.82 Å².